The zero-order valence-electron chi connectivity index (χ0n) is 21.9. The minimum Gasteiger partial charge on any atom is -0.493 e. The van der Waals surface area contributed by atoms with Crippen LogP contribution in [-0.2, 0) is 20.3 Å². The highest BCUT2D eigenvalue weighted by Gasteiger charge is 2.16. The number of halogens is 1. The first kappa shape index (κ1) is 28.1. The molecule has 1 saturated heterocycles. The van der Waals surface area contributed by atoms with Crippen molar-refractivity contribution < 1.29 is 31.8 Å². The number of hydrogen-bond acceptors (Lipinski definition) is 8. The molecule has 1 fully saturated rings. The van der Waals surface area contributed by atoms with Gasteiger partial charge in [0.15, 0.2) is 32.9 Å². The van der Waals surface area contributed by atoms with Crippen molar-refractivity contribution in [2.24, 2.45) is 0 Å². The van der Waals surface area contributed by atoms with Crippen LogP contribution in [0, 0.1) is 5.82 Å². The first-order chi connectivity index (χ1) is 18.4. The van der Waals surface area contributed by atoms with Crippen molar-refractivity contribution in [2.45, 2.75) is 31.9 Å². The standard InChI is InChI=1S/C28H35FN2O6S/c1-3-4-16-38(32,33)20-21-6-7-26(23(29)17-21)37-25-8-9-30-24-19-28(27(34-2)18-22(24)25)36-13-5-10-31-11-14-35-15-12-31/h6-9,17-19H,3-5,10-16,20H2,1-2H3. The molecule has 0 bridgehead atoms. The molecular weight excluding hydrogens is 511 g/mol. The highest BCUT2D eigenvalue weighted by atomic mass is 32.2. The van der Waals surface area contributed by atoms with Gasteiger partial charge >= 0.3 is 0 Å². The second-order valence-electron chi connectivity index (χ2n) is 9.30. The number of aromatic nitrogens is 1. The summed E-state index contributed by atoms with van der Waals surface area (Å²) in [5.41, 5.74) is 1.01. The summed E-state index contributed by atoms with van der Waals surface area (Å²) < 4.78 is 62.2. The van der Waals surface area contributed by atoms with Crippen molar-refractivity contribution in [1.29, 1.82) is 0 Å². The summed E-state index contributed by atoms with van der Waals surface area (Å²) in [6.07, 6.45) is 3.82. The number of hydrogen-bond donors (Lipinski definition) is 0. The number of morpholine rings is 1. The van der Waals surface area contributed by atoms with Crippen molar-refractivity contribution in [1.82, 2.24) is 9.88 Å². The van der Waals surface area contributed by atoms with Gasteiger partial charge in [0, 0.05) is 37.3 Å². The van der Waals surface area contributed by atoms with Gasteiger partial charge < -0.3 is 18.9 Å². The number of unbranched alkanes of at least 4 members (excludes halogenated alkanes) is 1. The zero-order chi connectivity index (χ0) is 27.0. The molecule has 0 radical (unpaired) electrons. The Morgan fingerprint density at radius 3 is 2.58 bits per heavy atom. The van der Waals surface area contributed by atoms with Crippen molar-refractivity contribution >= 4 is 20.7 Å². The van der Waals surface area contributed by atoms with Gasteiger partial charge in [0.05, 0.1) is 44.0 Å². The third-order valence-electron chi connectivity index (χ3n) is 6.38. The molecule has 2 heterocycles. The van der Waals surface area contributed by atoms with E-state index in [-0.39, 0.29) is 17.3 Å². The van der Waals surface area contributed by atoms with Gasteiger partial charge in [-0.15, -0.1) is 0 Å². The normalized spacial score (nSPS) is 14.5. The second kappa shape index (κ2) is 13.2. The van der Waals surface area contributed by atoms with Crippen molar-refractivity contribution in [3.05, 3.63) is 54.0 Å². The molecule has 1 aliphatic rings. The molecule has 0 atom stereocenters. The van der Waals surface area contributed by atoms with Crippen LogP contribution in [0.25, 0.3) is 10.9 Å². The lowest BCUT2D eigenvalue weighted by molar-refractivity contribution is 0.0357. The Morgan fingerprint density at radius 2 is 1.84 bits per heavy atom. The summed E-state index contributed by atoms with van der Waals surface area (Å²) in [4.78, 5) is 6.78. The monoisotopic (exact) mass is 546 g/mol. The SMILES string of the molecule is CCCCS(=O)(=O)Cc1ccc(Oc2ccnc3cc(OCCCN4CCOCC4)c(OC)cc23)c(F)c1. The highest BCUT2D eigenvalue weighted by Crippen LogP contribution is 2.37. The van der Waals surface area contributed by atoms with Gasteiger partial charge in [-0.2, -0.15) is 0 Å². The number of fused-ring (bicyclic) bond motifs is 1. The molecule has 0 unspecified atom stereocenters. The van der Waals surface area contributed by atoms with Gasteiger partial charge in [-0.05, 0) is 42.7 Å². The number of benzene rings is 2. The predicted molar refractivity (Wildman–Crippen MR) is 145 cm³/mol. The fraction of sp³-hybridized carbons (Fsp3) is 0.464. The van der Waals surface area contributed by atoms with Crippen LogP contribution in [0.2, 0.25) is 0 Å². The number of nitrogens with zero attached hydrogens (tertiary/aromatic N) is 2. The van der Waals surface area contributed by atoms with E-state index in [1.807, 2.05) is 6.92 Å². The first-order valence-corrected chi connectivity index (χ1v) is 14.8. The molecule has 0 N–H and O–H groups in total. The van der Waals surface area contributed by atoms with Crippen LogP contribution in [0.4, 0.5) is 4.39 Å². The maximum atomic E-state index is 14.9. The summed E-state index contributed by atoms with van der Waals surface area (Å²) in [5.74, 6) is 0.749. The number of methoxy groups -OCH3 is 1. The van der Waals surface area contributed by atoms with E-state index in [2.05, 4.69) is 9.88 Å². The number of ether oxygens (including phenoxy) is 4. The summed E-state index contributed by atoms with van der Waals surface area (Å²) >= 11 is 0. The Bertz CT molecular complexity index is 1330. The van der Waals surface area contributed by atoms with Crippen LogP contribution in [-0.4, -0.2) is 70.6 Å². The van der Waals surface area contributed by atoms with E-state index in [0.717, 1.165) is 45.7 Å². The van der Waals surface area contributed by atoms with Gasteiger partial charge in [-0.3, -0.25) is 9.88 Å². The molecule has 0 saturated carbocycles. The summed E-state index contributed by atoms with van der Waals surface area (Å²) in [5, 5.41) is 0.635. The third kappa shape index (κ3) is 7.55. The molecule has 3 aromatic rings. The quantitative estimate of drug-likeness (QED) is 0.277. The van der Waals surface area contributed by atoms with E-state index in [0.29, 0.717) is 46.7 Å². The van der Waals surface area contributed by atoms with Crippen LogP contribution in [0.3, 0.4) is 0 Å². The minimum atomic E-state index is -3.29. The largest absolute Gasteiger partial charge is 0.493 e. The average Bonchev–Trinajstić information content (AvgIpc) is 2.91. The number of sulfone groups is 1. The van der Waals surface area contributed by atoms with Crippen molar-refractivity contribution in [3.8, 4) is 23.0 Å². The zero-order valence-corrected chi connectivity index (χ0v) is 22.8. The van der Waals surface area contributed by atoms with Gasteiger partial charge in [0.2, 0.25) is 0 Å². The van der Waals surface area contributed by atoms with Crippen LogP contribution >= 0.6 is 0 Å². The van der Waals surface area contributed by atoms with Crippen molar-refractivity contribution in [2.75, 3.05) is 52.3 Å². The Hall–Kier alpha value is -2.95. The molecule has 2 aromatic carbocycles. The van der Waals surface area contributed by atoms with Gasteiger partial charge in [0.1, 0.15) is 5.75 Å². The Balaban J connectivity index is 1.46. The molecule has 1 aromatic heterocycles. The topological polar surface area (TPSA) is 87.2 Å². The van der Waals surface area contributed by atoms with Crippen LogP contribution < -0.4 is 14.2 Å². The molecule has 8 nitrogen and oxygen atoms in total. The lowest BCUT2D eigenvalue weighted by Gasteiger charge is -2.26. The van der Waals surface area contributed by atoms with E-state index in [9.17, 15) is 12.8 Å². The molecule has 38 heavy (non-hydrogen) atoms. The van der Waals surface area contributed by atoms with E-state index in [1.165, 1.54) is 12.1 Å². The van der Waals surface area contributed by atoms with Crippen LogP contribution in [0.5, 0.6) is 23.0 Å². The number of pyridine rings is 1. The molecule has 0 spiro atoms. The maximum Gasteiger partial charge on any atom is 0.166 e. The van der Waals surface area contributed by atoms with E-state index < -0.39 is 15.7 Å². The molecule has 0 amide bonds. The van der Waals surface area contributed by atoms with Gasteiger partial charge in [-0.1, -0.05) is 19.4 Å². The van der Waals surface area contributed by atoms with E-state index >= 15 is 0 Å². The molecule has 10 heteroatoms. The highest BCUT2D eigenvalue weighted by molar-refractivity contribution is 7.90. The fourth-order valence-electron chi connectivity index (χ4n) is 4.31. The molecule has 206 valence electrons. The minimum absolute atomic E-state index is 0.00499. The lowest BCUT2D eigenvalue weighted by atomic mass is 10.1. The molecule has 4 rings (SSSR count). The smallest absolute Gasteiger partial charge is 0.166 e. The summed E-state index contributed by atoms with van der Waals surface area (Å²) in [6, 6.07) is 9.45. The maximum absolute atomic E-state index is 14.9. The molecular formula is C28H35FN2O6S. The first-order valence-electron chi connectivity index (χ1n) is 12.9. The Labute approximate surface area is 223 Å². The molecule has 0 aliphatic carbocycles. The fourth-order valence-corrected chi connectivity index (χ4v) is 5.87. The van der Waals surface area contributed by atoms with E-state index in [4.69, 9.17) is 18.9 Å². The van der Waals surface area contributed by atoms with Crippen molar-refractivity contribution in [3.63, 3.8) is 0 Å². The summed E-state index contributed by atoms with van der Waals surface area (Å²) in [7, 11) is -1.73. The third-order valence-corrected chi connectivity index (χ3v) is 8.06. The van der Waals surface area contributed by atoms with Gasteiger partial charge in [-0.25, -0.2) is 12.8 Å². The van der Waals surface area contributed by atoms with E-state index in [1.54, 1.807) is 37.6 Å². The Kier molecular flexibility index (Phi) is 9.76. The predicted octanol–water partition coefficient (Wildman–Crippen LogP) is 4.99. The number of rotatable bonds is 13. The summed E-state index contributed by atoms with van der Waals surface area (Å²) in [6.45, 7) is 6.81. The Morgan fingerprint density at radius 1 is 1.03 bits per heavy atom. The second-order valence-corrected chi connectivity index (χ2v) is 11.5. The van der Waals surface area contributed by atoms with Crippen LogP contribution in [0.1, 0.15) is 31.7 Å². The lowest BCUT2D eigenvalue weighted by Crippen LogP contribution is -2.37. The molecule has 1 aliphatic heterocycles. The average molecular weight is 547 g/mol. The van der Waals surface area contributed by atoms with Crippen LogP contribution in [0.15, 0.2) is 42.6 Å². The van der Waals surface area contributed by atoms with Gasteiger partial charge in [0.25, 0.3) is 0 Å².